The van der Waals surface area contributed by atoms with Crippen molar-refractivity contribution >= 4 is 5.91 Å². The lowest BCUT2D eigenvalue weighted by molar-refractivity contribution is -0.122. The Morgan fingerprint density at radius 2 is 1.61 bits per heavy atom. The highest BCUT2D eigenvalue weighted by Gasteiger charge is 2.11. The summed E-state index contributed by atoms with van der Waals surface area (Å²) in [4.78, 5) is 24.8. The van der Waals surface area contributed by atoms with E-state index in [0.29, 0.717) is 30.3 Å². The average molecular weight is 486 g/mol. The summed E-state index contributed by atoms with van der Waals surface area (Å²) in [5.74, 6) is 1.56. The van der Waals surface area contributed by atoms with Crippen molar-refractivity contribution in [3.8, 4) is 28.5 Å². The third kappa shape index (κ3) is 6.29. The van der Waals surface area contributed by atoms with Gasteiger partial charge in [-0.05, 0) is 47.5 Å². The molecule has 0 aliphatic carbocycles. The standard InChI is InChI=1S/C28H27N3O5/c1-34-25-14-10-22(16-26(25)35-2)24-13-15-28(33)31(30-24)18-27(32)29-17-20-8-11-23(12-9-20)36-19-21-6-4-3-5-7-21/h3-16H,17-19H2,1-2H3,(H,29,32). The van der Waals surface area contributed by atoms with Gasteiger partial charge in [0, 0.05) is 18.2 Å². The summed E-state index contributed by atoms with van der Waals surface area (Å²) in [6, 6.07) is 25.8. The fourth-order valence-corrected chi connectivity index (χ4v) is 3.55. The van der Waals surface area contributed by atoms with E-state index in [4.69, 9.17) is 14.2 Å². The molecule has 8 nitrogen and oxygen atoms in total. The van der Waals surface area contributed by atoms with Crippen LogP contribution in [0.4, 0.5) is 0 Å². The second kappa shape index (κ2) is 11.7. The topological polar surface area (TPSA) is 91.7 Å². The molecular weight excluding hydrogens is 458 g/mol. The number of nitrogens with zero attached hydrogens (tertiary/aromatic N) is 2. The number of hydrogen-bond donors (Lipinski definition) is 1. The molecule has 0 aliphatic heterocycles. The number of rotatable bonds is 10. The molecule has 4 aromatic rings. The van der Waals surface area contributed by atoms with Crippen LogP contribution in [0.25, 0.3) is 11.3 Å². The Labute approximate surface area is 209 Å². The normalized spacial score (nSPS) is 10.5. The molecule has 0 saturated carbocycles. The van der Waals surface area contributed by atoms with Crippen LogP contribution >= 0.6 is 0 Å². The summed E-state index contributed by atoms with van der Waals surface area (Å²) >= 11 is 0. The molecule has 36 heavy (non-hydrogen) atoms. The summed E-state index contributed by atoms with van der Waals surface area (Å²) < 4.78 is 17.5. The first-order chi connectivity index (χ1) is 17.6. The van der Waals surface area contributed by atoms with Crippen molar-refractivity contribution in [1.82, 2.24) is 15.1 Å². The Morgan fingerprint density at radius 1 is 0.861 bits per heavy atom. The zero-order valence-electron chi connectivity index (χ0n) is 20.1. The van der Waals surface area contributed by atoms with Crippen LogP contribution < -0.4 is 25.1 Å². The summed E-state index contributed by atoms with van der Waals surface area (Å²) in [6.45, 7) is 0.612. The van der Waals surface area contributed by atoms with Gasteiger partial charge in [0.2, 0.25) is 5.91 Å². The number of hydrogen-bond acceptors (Lipinski definition) is 6. The molecule has 0 bridgehead atoms. The van der Waals surface area contributed by atoms with E-state index in [1.165, 1.54) is 6.07 Å². The van der Waals surface area contributed by atoms with Crippen LogP contribution in [-0.2, 0) is 24.5 Å². The van der Waals surface area contributed by atoms with Crippen LogP contribution in [0.2, 0.25) is 0 Å². The maximum Gasteiger partial charge on any atom is 0.267 e. The van der Waals surface area contributed by atoms with E-state index in [9.17, 15) is 9.59 Å². The van der Waals surface area contributed by atoms with Gasteiger partial charge in [-0.15, -0.1) is 0 Å². The second-order valence-electron chi connectivity index (χ2n) is 7.98. The lowest BCUT2D eigenvalue weighted by Crippen LogP contribution is -2.33. The van der Waals surface area contributed by atoms with Crippen LogP contribution in [0.15, 0.2) is 89.7 Å². The Bertz CT molecular complexity index is 1370. The molecule has 0 spiro atoms. The van der Waals surface area contributed by atoms with Crippen molar-refractivity contribution < 1.29 is 19.0 Å². The smallest absolute Gasteiger partial charge is 0.267 e. The number of benzene rings is 3. The molecule has 1 N–H and O–H groups in total. The Kier molecular flexibility index (Phi) is 7.97. The van der Waals surface area contributed by atoms with Gasteiger partial charge in [-0.1, -0.05) is 42.5 Å². The van der Waals surface area contributed by atoms with Gasteiger partial charge in [0.25, 0.3) is 5.56 Å². The molecule has 0 radical (unpaired) electrons. The fourth-order valence-electron chi connectivity index (χ4n) is 3.55. The molecule has 0 atom stereocenters. The highest BCUT2D eigenvalue weighted by Crippen LogP contribution is 2.31. The van der Waals surface area contributed by atoms with Crippen LogP contribution in [0.5, 0.6) is 17.2 Å². The molecule has 3 aromatic carbocycles. The molecule has 0 saturated heterocycles. The monoisotopic (exact) mass is 485 g/mol. The number of nitrogens with one attached hydrogen (secondary N) is 1. The van der Waals surface area contributed by atoms with Gasteiger partial charge in [0.15, 0.2) is 11.5 Å². The van der Waals surface area contributed by atoms with Gasteiger partial charge >= 0.3 is 0 Å². The molecule has 1 heterocycles. The van der Waals surface area contributed by atoms with E-state index >= 15 is 0 Å². The molecule has 0 fully saturated rings. The van der Waals surface area contributed by atoms with E-state index in [-0.39, 0.29) is 18.0 Å². The van der Waals surface area contributed by atoms with Crippen molar-refractivity contribution in [2.75, 3.05) is 14.2 Å². The van der Waals surface area contributed by atoms with Crippen molar-refractivity contribution in [3.63, 3.8) is 0 Å². The minimum Gasteiger partial charge on any atom is -0.493 e. The van der Waals surface area contributed by atoms with Crippen molar-refractivity contribution in [1.29, 1.82) is 0 Å². The molecule has 4 rings (SSSR count). The Balaban J connectivity index is 1.34. The summed E-state index contributed by atoms with van der Waals surface area (Å²) in [7, 11) is 3.11. The average Bonchev–Trinajstić information content (AvgIpc) is 2.92. The zero-order chi connectivity index (χ0) is 25.3. The SMILES string of the molecule is COc1ccc(-c2ccc(=O)n(CC(=O)NCc3ccc(OCc4ccccc4)cc3)n2)cc1OC. The lowest BCUT2D eigenvalue weighted by atomic mass is 10.1. The van der Waals surface area contributed by atoms with E-state index < -0.39 is 0 Å². The van der Waals surface area contributed by atoms with Crippen molar-refractivity contribution in [2.45, 2.75) is 19.7 Å². The van der Waals surface area contributed by atoms with Gasteiger partial charge in [0.1, 0.15) is 18.9 Å². The van der Waals surface area contributed by atoms with Gasteiger partial charge in [-0.2, -0.15) is 5.10 Å². The minimum atomic E-state index is -0.366. The quantitative estimate of drug-likeness (QED) is 0.367. The molecule has 1 aromatic heterocycles. The zero-order valence-corrected chi connectivity index (χ0v) is 20.1. The molecule has 8 heteroatoms. The van der Waals surface area contributed by atoms with Crippen LogP contribution in [0, 0.1) is 0 Å². The van der Waals surface area contributed by atoms with Crippen molar-refractivity contribution in [3.05, 3.63) is 106 Å². The summed E-state index contributed by atoms with van der Waals surface area (Å²) in [5.41, 5.74) is 2.91. The van der Waals surface area contributed by atoms with Gasteiger partial charge in [-0.25, -0.2) is 4.68 Å². The number of ether oxygens (including phenoxy) is 3. The first kappa shape index (κ1) is 24.5. The van der Waals surface area contributed by atoms with Crippen LogP contribution in [0.1, 0.15) is 11.1 Å². The van der Waals surface area contributed by atoms with Gasteiger partial charge in [-0.3, -0.25) is 9.59 Å². The van der Waals surface area contributed by atoms with Gasteiger partial charge in [0.05, 0.1) is 19.9 Å². The number of amides is 1. The van der Waals surface area contributed by atoms with Gasteiger partial charge < -0.3 is 19.5 Å². The largest absolute Gasteiger partial charge is 0.493 e. The van der Waals surface area contributed by atoms with Crippen molar-refractivity contribution in [2.24, 2.45) is 0 Å². The van der Waals surface area contributed by atoms with Crippen LogP contribution in [0.3, 0.4) is 0 Å². The summed E-state index contributed by atoms with van der Waals surface area (Å²) in [5, 5.41) is 7.18. The van der Waals surface area contributed by atoms with E-state index in [0.717, 1.165) is 27.1 Å². The number of carbonyl (C=O) groups is 1. The van der Waals surface area contributed by atoms with Crippen LogP contribution in [-0.4, -0.2) is 29.9 Å². The first-order valence-corrected chi connectivity index (χ1v) is 11.4. The highest BCUT2D eigenvalue weighted by atomic mass is 16.5. The fraction of sp³-hybridized carbons (Fsp3) is 0.179. The molecular formula is C28H27N3O5. The maximum atomic E-state index is 12.5. The Hall–Kier alpha value is -4.59. The van der Waals surface area contributed by atoms with E-state index in [1.54, 1.807) is 32.4 Å². The maximum absolute atomic E-state index is 12.5. The predicted molar refractivity (Wildman–Crippen MR) is 136 cm³/mol. The molecule has 184 valence electrons. The highest BCUT2D eigenvalue weighted by molar-refractivity contribution is 5.75. The van der Waals surface area contributed by atoms with E-state index in [1.807, 2.05) is 60.7 Å². The molecule has 1 amide bonds. The minimum absolute atomic E-state index is 0.196. The summed E-state index contributed by atoms with van der Waals surface area (Å²) in [6.07, 6.45) is 0. The van der Waals surface area contributed by atoms with E-state index in [2.05, 4.69) is 10.4 Å². The third-order valence-electron chi connectivity index (χ3n) is 5.50. The lowest BCUT2D eigenvalue weighted by Gasteiger charge is -2.11. The Morgan fingerprint density at radius 3 is 2.33 bits per heavy atom. The number of methoxy groups -OCH3 is 2. The first-order valence-electron chi connectivity index (χ1n) is 11.4. The number of aromatic nitrogens is 2. The second-order valence-corrected chi connectivity index (χ2v) is 7.98. The predicted octanol–water partition coefficient (Wildman–Crippen LogP) is 3.82. The third-order valence-corrected chi connectivity index (χ3v) is 5.50. The molecule has 0 aliphatic rings. The number of carbonyl (C=O) groups excluding carboxylic acids is 1. The molecule has 0 unspecified atom stereocenters.